The molecule has 0 amide bonds. The van der Waals surface area contributed by atoms with Crippen LogP contribution >= 0.6 is 0 Å². The second-order valence-corrected chi connectivity index (χ2v) is 3.07. The Labute approximate surface area is 67.7 Å². The molecule has 0 saturated carbocycles. The first-order chi connectivity index (χ1) is 5.33. The number of halogens is 1. The highest BCUT2D eigenvalue weighted by atomic mass is 19.1. The van der Waals surface area contributed by atoms with Gasteiger partial charge in [-0.15, -0.1) is 0 Å². The first-order valence-electron chi connectivity index (χ1n) is 4.45. The van der Waals surface area contributed by atoms with E-state index in [1.54, 1.807) is 0 Å². The van der Waals surface area contributed by atoms with Gasteiger partial charge in [-0.05, 0) is 19.3 Å². The van der Waals surface area contributed by atoms with Crippen LogP contribution in [0.1, 0.15) is 26.2 Å². The van der Waals surface area contributed by atoms with Gasteiger partial charge in [0, 0.05) is 19.6 Å². The standard InChI is InChI=1S/C8H17FN2/c1-2-5-10-11-6-3-8(9)4-7-11/h8,10H,2-7H2,1H3. The molecule has 1 saturated heterocycles. The number of rotatable bonds is 3. The van der Waals surface area contributed by atoms with E-state index in [0.717, 1.165) is 26.1 Å². The van der Waals surface area contributed by atoms with E-state index in [2.05, 4.69) is 17.4 Å². The smallest absolute Gasteiger partial charge is 0.103 e. The molecular weight excluding hydrogens is 143 g/mol. The largest absolute Gasteiger partial charge is 0.255 e. The van der Waals surface area contributed by atoms with Crippen molar-refractivity contribution >= 4 is 0 Å². The molecule has 11 heavy (non-hydrogen) atoms. The minimum Gasteiger partial charge on any atom is -0.255 e. The Kier molecular flexibility index (Phi) is 3.80. The third kappa shape index (κ3) is 3.16. The molecule has 0 spiro atoms. The molecule has 1 heterocycles. The minimum absolute atomic E-state index is 0.560. The molecule has 2 nitrogen and oxygen atoms in total. The van der Waals surface area contributed by atoms with Crippen molar-refractivity contribution in [2.75, 3.05) is 19.6 Å². The quantitative estimate of drug-likeness (QED) is 0.670. The lowest BCUT2D eigenvalue weighted by molar-refractivity contribution is 0.104. The van der Waals surface area contributed by atoms with E-state index in [0.29, 0.717) is 12.8 Å². The van der Waals surface area contributed by atoms with E-state index >= 15 is 0 Å². The van der Waals surface area contributed by atoms with Crippen molar-refractivity contribution in [3.63, 3.8) is 0 Å². The van der Waals surface area contributed by atoms with E-state index in [1.807, 2.05) is 0 Å². The normalized spacial score (nSPS) is 22.4. The summed E-state index contributed by atoms with van der Waals surface area (Å²) in [4.78, 5) is 0. The van der Waals surface area contributed by atoms with Gasteiger partial charge in [0.2, 0.25) is 0 Å². The van der Waals surface area contributed by atoms with Crippen LogP contribution < -0.4 is 5.43 Å². The number of piperidine rings is 1. The minimum atomic E-state index is -0.560. The molecule has 66 valence electrons. The summed E-state index contributed by atoms with van der Waals surface area (Å²) in [6.07, 6.45) is 1.96. The summed E-state index contributed by atoms with van der Waals surface area (Å²) in [6.45, 7) is 4.87. The molecule has 0 radical (unpaired) electrons. The third-order valence-corrected chi connectivity index (χ3v) is 2.01. The monoisotopic (exact) mass is 160 g/mol. The second kappa shape index (κ2) is 4.67. The molecule has 3 heteroatoms. The van der Waals surface area contributed by atoms with E-state index < -0.39 is 6.17 Å². The van der Waals surface area contributed by atoms with Crippen molar-refractivity contribution < 1.29 is 4.39 Å². The maximum atomic E-state index is 12.6. The number of hydrogen-bond donors (Lipinski definition) is 1. The fourth-order valence-corrected chi connectivity index (χ4v) is 1.28. The summed E-state index contributed by atoms with van der Waals surface area (Å²) >= 11 is 0. The van der Waals surface area contributed by atoms with E-state index in [1.165, 1.54) is 0 Å². The fourth-order valence-electron chi connectivity index (χ4n) is 1.28. The lowest BCUT2D eigenvalue weighted by Gasteiger charge is -2.28. The average Bonchev–Trinajstić information content (AvgIpc) is 2.04. The highest BCUT2D eigenvalue weighted by Gasteiger charge is 2.16. The zero-order chi connectivity index (χ0) is 8.10. The van der Waals surface area contributed by atoms with Crippen molar-refractivity contribution in [1.82, 2.24) is 10.4 Å². The van der Waals surface area contributed by atoms with Crippen LogP contribution in [-0.2, 0) is 0 Å². The van der Waals surface area contributed by atoms with Crippen LogP contribution in [0.15, 0.2) is 0 Å². The zero-order valence-corrected chi connectivity index (χ0v) is 7.15. The van der Waals surface area contributed by atoms with Gasteiger partial charge < -0.3 is 0 Å². The predicted molar refractivity (Wildman–Crippen MR) is 44.0 cm³/mol. The second-order valence-electron chi connectivity index (χ2n) is 3.07. The molecule has 0 aromatic heterocycles. The average molecular weight is 160 g/mol. The fraction of sp³-hybridized carbons (Fsp3) is 1.00. The van der Waals surface area contributed by atoms with Crippen LogP contribution in [0.25, 0.3) is 0 Å². The molecule has 1 rings (SSSR count). The van der Waals surface area contributed by atoms with E-state index in [4.69, 9.17) is 0 Å². The molecule has 0 aromatic rings. The Morgan fingerprint density at radius 1 is 1.45 bits per heavy atom. The highest BCUT2D eigenvalue weighted by Crippen LogP contribution is 2.10. The topological polar surface area (TPSA) is 15.3 Å². The van der Waals surface area contributed by atoms with E-state index in [-0.39, 0.29) is 0 Å². The lowest BCUT2D eigenvalue weighted by atomic mass is 10.1. The third-order valence-electron chi connectivity index (χ3n) is 2.01. The number of alkyl halides is 1. The van der Waals surface area contributed by atoms with Crippen LogP contribution in [0.5, 0.6) is 0 Å². The summed E-state index contributed by atoms with van der Waals surface area (Å²) in [5.74, 6) is 0. The van der Waals surface area contributed by atoms with Gasteiger partial charge in [0.15, 0.2) is 0 Å². The van der Waals surface area contributed by atoms with Gasteiger partial charge in [0.25, 0.3) is 0 Å². The molecule has 1 fully saturated rings. The Bertz CT molecular complexity index is 97.5. The SMILES string of the molecule is CCCNN1CCC(F)CC1. The maximum Gasteiger partial charge on any atom is 0.103 e. The Balaban J connectivity index is 2.07. The van der Waals surface area contributed by atoms with Gasteiger partial charge in [-0.3, -0.25) is 5.43 Å². The predicted octanol–water partition coefficient (Wildman–Crippen LogP) is 1.33. The van der Waals surface area contributed by atoms with Gasteiger partial charge in [0.05, 0.1) is 0 Å². The van der Waals surface area contributed by atoms with E-state index in [9.17, 15) is 4.39 Å². The van der Waals surface area contributed by atoms with Crippen LogP contribution in [0.3, 0.4) is 0 Å². The van der Waals surface area contributed by atoms with Crippen LogP contribution in [0, 0.1) is 0 Å². The molecule has 1 aliphatic rings. The van der Waals surface area contributed by atoms with Gasteiger partial charge in [-0.1, -0.05) is 6.92 Å². The molecule has 1 aliphatic heterocycles. The van der Waals surface area contributed by atoms with Crippen LogP contribution in [-0.4, -0.2) is 30.8 Å². The summed E-state index contributed by atoms with van der Waals surface area (Å²) in [6, 6.07) is 0. The highest BCUT2D eigenvalue weighted by molar-refractivity contribution is 4.68. The Morgan fingerprint density at radius 3 is 2.64 bits per heavy atom. The number of hydrazine groups is 1. The van der Waals surface area contributed by atoms with Crippen molar-refractivity contribution in [1.29, 1.82) is 0 Å². The van der Waals surface area contributed by atoms with Crippen LogP contribution in [0.2, 0.25) is 0 Å². The van der Waals surface area contributed by atoms with Crippen LogP contribution in [0.4, 0.5) is 4.39 Å². The summed E-state index contributed by atoms with van der Waals surface area (Å²) < 4.78 is 12.6. The van der Waals surface area contributed by atoms with Crippen molar-refractivity contribution in [3.8, 4) is 0 Å². The summed E-state index contributed by atoms with van der Waals surface area (Å²) in [7, 11) is 0. The molecule has 0 unspecified atom stereocenters. The van der Waals surface area contributed by atoms with Gasteiger partial charge in [0.1, 0.15) is 6.17 Å². The van der Waals surface area contributed by atoms with Gasteiger partial charge in [-0.25, -0.2) is 9.40 Å². The molecule has 0 bridgehead atoms. The lowest BCUT2D eigenvalue weighted by Crippen LogP contribution is -2.44. The Morgan fingerprint density at radius 2 is 2.09 bits per heavy atom. The Hall–Kier alpha value is -0.150. The molecular formula is C8H17FN2. The number of nitrogens with zero attached hydrogens (tertiary/aromatic N) is 1. The molecule has 0 atom stereocenters. The molecule has 0 aromatic carbocycles. The van der Waals surface area contributed by atoms with Gasteiger partial charge >= 0.3 is 0 Å². The maximum absolute atomic E-state index is 12.6. The first-order valence-corrected chi connectivity index (χ1v) is 4.45. The molecule has 1 N–H and O–H groups in total. The molecule has 0 aliphatic carbocycles. The van der Waals surface area contributed by atoms with Crippen molar-refractivity contribution in [2.24, 2.45) is 0 Å². The summed E-state index contributed by atoms with van der Waals surface area (Å²) in [5, 5.41) is 2.12. The summed E-state index contributed by atoms with van der Waals surface area (Å²) in [5.41, 5.74) is 3.26. The first kappa shape index (κ1) is 8.94. The zero-order valence-electron chi connectivity index (χ0n) is 7.15. The number of hydrogen-bond acceptors (Lipinski definition) is 2. The van der Waals surface area contributed by atoms with Crippen molar-refractivity contribution in [3.05, 3.63) is 0 Å². The van der Waals surface area contributed by atoms with Gasteiger partial charge in [-0.2, -0.15) is 0 Å². The number of nitrogens with one attached hydrogen (secondary N) is 1. The van der Waals surface area contributed by atoms with Crippen molar-refractivity contribution in [2.45, 2.75) is 32.4 Å².